The number of carbonyl (C=O) groups is 2. The van der Waals surface area contributed by atoms with E-state index in [4.69, 9.17) is 0 Å². The third-order valence-corrected chi connectivity index (χ3v) is 4.91. The van der Waals surface area contributed by atoms with Gasteiger partial charge >= 0.3 is 5.97 Å². The second-order valence-electron chi connectivity index (χ2n) is 6.72. The molecule has 0 spiro atoms. The molecular formula is C21H24N2O4. The molecule has 1 aliphatic heterocycles. The lowest BCUT2D eigenvalue weighted by molar-refractivity contribution is -0.121. The van der Waals surface area contributed by atoms with Gasteiger partial charge in [-0.1, -0.05) is 36.4 Å². The first-order valence-electron chi connectivity index (χ1n) is 9.06. The van der Waals surface area contributed by atoms with E-state index in [-0.39, 0.29) is 28.8 Å². The highest BCUT2D eigenvalue weighted by Gasteiger charge is 2.26. The fourth-order valence-corrected chi connectivity index (χ4v) is 3.35. The van der Waals surface area contributed by atoms with Gasteiger partial charge in [-0.3, -0.25) is 9.69 Å². The van der Waals surface area contributed by atoms with Gasteiger partial charge in [0, 0.05) is 12.5 Å². The molecule has 1 fully saturated rings. The van der Waals surface area contributed by atoms with Crippen molar-refractivity contribution in [3.8, 4) is 5.75 Å². The molecule has 6 heteroatoms. The molecule has 1 saturated heterocycles. The zero-order valence-electron chi connectivity index (χ0n) is 15.4. The Morgan fingerprint density at radius 2 is 1.81 bits per heavy atom. The second kappa shape index (κ2) is 8.68. The van der Waals surface area contributed by atoms with Gasteiger partial charge in [0.25, 0.3) is 0 Å². The summed E-state index contributed by atoms with van der Waals surface area (Å²) in [6.07, 6.45) is 1.52. The Labute approximate surface area is 158 Å². The van der Waals surface area contributed by atoms with Crippen LogP contribution in [0.5, 0.6) is 5.75 Å². The SMILES string of the molecule is COC(=O)c1cccc(NC(=O)C2CCN(Cc3ccccc3)CC2)c1O. The smallest absolute Gasteiger partial charge is 0.341 e. The summed E-state index contributed by atoms with van der Waals surface area (Å²) in [6.45, 7) is 2.58. The number of para-hydroxylation sites is 1. The van der Waals surface area contributed by atoms with Crippen LogP contribution in [0.15, 0.2) is 48.5 Å². The minimum absolute atomic E-state index is 0.0352. The van der Waals surface area contributed by atoms with Crippen LogP contribution >= 0.6 is 0 Å². The van der Waals surface area contributed by atoms with Crippen LogP contribution in [0.2, 0.25) is 0 Å². The summed E-state index contributed by atoms with van der Waals surface area (Å²) in [5.41, 5.74) is 1.53. The van der Waals surface area contributed by atoms with Crippen molar-refractivity contribution in [3.63, 3.8) is 0 Å². The van der Waals surface area contributed by atoms with Crippen molar-refractivity contribution in [1.29, 1.82) is 0 Å². The van der Waals surface area contributed by atoms with Crippen LogP contribution in [0.1, 0.15) is 28.8 Å². The van der Waals surface area contributed by atoms with Crippen molar-refractivity contribution >= 4 is 17.6 Å². The lowest BCUT2D eigenvalue weighted by atomic mass is 9.95. The minimum Gasteiger partial charge on any atom is -0.505 e. The van der Waals surface area contributed by atoms with Crippen molar-refractivity contribution in [3.05, 3.63) is 59.7 Å². The van der Waals surface area contributed by atoms with E-state index in [9.17, 15) is 14.7 Å². The fraction of sp³-hybridized carbons (Fsp3) is 0.333. The first-order chi connectivity index (χ1) is 13.1. The Morgan fingerprint density at radius 3 is 2.48 bits per heavy atom. The lowest BCUT2D eigenvalue weighted by Gasteiger charge is -2.31. The number of esters is 1. The monoisotopic (exact) mass is 368 g/mol. The Bertz CT molecular complexity index is 799. The largest absolute Gasteiger partial charge is 0.505 e. The number of phenolic OH excluding ortho intramolecular Hbond substituents is 1. The van der Waals surface area contributed by atoms with Crippen LogP contribution in [0, 0.1) is 5.92 Å². The average Bonchev–Trinajstić information content (AvgIpc) is 2.70. The minimum atomic E-state index is -0.641. The molecule has 1 heterocycles. The Balaban J connectivity index is 1.56. The van der Waals surface area contributed by atoms with Crippen molar-refractivity contribution in [1.82, 2.24) is 4.90 Å². The maximum absolute atomic E-state index is 12.6. The summed E-state index contributed by atoms with van der Waals surface area (Å²) in [5, 5.41) is 13.0. The van der Waals surface area contributed by atoms with Crippen LogP contribution in [0.3, 0.4) is 0 Å². The molecule has 0 atom stereocenters. The van der Waals surface area contributed by atoms with Gasteiger partial charge in [-0.15, -0.1) is 0 Å². The number of benzene rings is 2. The number of amides is 1. The van der Waals surface area contributed by atoms with E-state index < -0.39 is 5.97 Å². The molecule has 0 radical (unpaired) electrons. The third-order valence-electron chi connectivity index (χ3n) is 4.91. The molecular weight excluding hydrogens is 344 g/mol. The predicted octanol–water partition coefficient (Wildman–Crippen LogP) is 3.03. The number of nitrogens with one attached hydrogen (secondary N) is 1. The second-order valence-corrected chi connectivity index (χ2v) is 6.72. The summed E-state index contributed by atoms with van der Waals surface area (Å²) in [7, 11) is 1.25. The molecule has 0 aliphatic carbocycles. The van der Waals surface area contributed by atoms with Crippen molar-refractivity contribution < 1.29 is 19.4 Å². The number of piperidine rings is 1. The highest BCUT2D eigenvalue weighted by atomic mass is 16.5. The van der Waals surface area contributed by atoms with Crippen LogP contribution < -0.4 is 5.32 Å². The molecule has 2 N–H and O–H groups in total. The summed E-state index contributed by atoms with van der Waals surface area (Å²) in [4.78, 5) is 26.6. The van der Waals surface area contributed by atoms with E-state index in [1.54, 1.807) is 12.1 Å². The quantitative estimate of drug-likeness (QED) is 0.626. The van der Waals surface area contributed by atoms with Gasteiger partial charge in [-0.2, -0.15) is 0 Å². The van der Waals surface area contributed by atoms with Gasteiger partial charge in [-0.25, -0.2) is 4.79 Å². The maximum atomic E-state index is 12.6. The number of nitrogens with zero attached hydrogens (tertiary/aromatic N) is 1. The number of hydrogen-bond acceptors (Lipinski definition) is 5. The number of anilines is 1. The van der Waals surface area contributed by atoms with Crippen molar-refractivity contribution in [2.45, 2.75) is 19.4 Å². The molecule has 1 aliphatic rings. The van der Waals surface area contributed by atoms with Crippen LogP contribution in [0.4, 0.5) is 5.69 Å². The van der Waals surface area contributed by atoms with E-state index in [2.05, 4.69) is 27.1 Å². The Kier molecular flexibility index (Phi) is 6.08. The van der Waals surface area contributed by atoms with Crippen LogP contribution in [-0.2, 0) is 16.1 Å². The zero-order valence-corrected chi connectivity index (χ0v) is 15.4. The van der Waals surface area contributed by atoms with Crippen molar-refractivity contribution in [2.75, 3.05) is 25.5 Å². The van der Waals surface area contributed by atoms with Crippen LogP contribution in [0.25, 0.3) is 0 Å². The van der Waals surface area contributed by atoms with Gasteiger partial charge in [0.1, 0.15) is 5.56 Å². The highest BCUT2D eigenvalue weighted by Crippen LogP contribution is 2.29. The van der Waals surface area contributed by atoms with E-state index in [0.29, 0.717) is 0 Å². The number of ether oxygens (including phenoxy) is 1. The van der Waals surface area contributed by atoms with E-state index in [0.717, 1.165) is 32.5 Å². The highest BCUT2D eigenvalue weighted by molar-refractivity contribution is 5.99. The molecule has 142 valence electrons. The Morgan fingerprint density at radius 1 is 1.11 bits per heavy atom. The number of carbonyl (C=O) groups excluding carboxylic acids is 2. The van der Waals surface area contributed by atoms with Gasteiger partial charge in [0.05, 0.1) is 12.8 Å². The topological polar surface area (TPSA) is 78.9 Å². The molecule has 1 amide bonds. The molecule has 6 nitrogen and oxygen atoms in total. The molecule has 3 rings (SSSR count). The van der Waals surface area contributed by atoms with Crippen LogP contribution in [-0.4, -0.2) is 42.1 Å². The number of phenols is 1. The fourth-order valence-electron chi connectivity index (χ4n) is 3.35. The number of methoxy groups -OCH3 is 1. The summed E-state index contributed by atoms with van der Waals surface area (Å²) in [6, 6.07) is 14.9. The molecule has 0 bridgehead atoms. The normalized spacial score (nSPS) is 15.3. The van der Waals surface area contributed by atoms with Crippen molar-refractivity contribution in [2.24, 2.45) is 5.92 Å². The summed E-state index contributed by atoms with van der Waals surface area (Å²) < 4.78 is 4.64. The van der Waals surface area contributed by atoms with E-state index >= 15 is 0 Å². The number of aromatic hydroxyl groups is 1. The zero-order chi connectivity index (χ0) is 19.2. The number of likely N-dealkylation sites (tertiary alicyclic amines) is 1. The van der Waals surface area contributed by atoms with E-state index in [1.165, 1.54) is 18.7 Å². The summed E-state index contributed by atoms with van der Waals surface area (Å²) in [5.74, 6) is -1.15. The van der Waals surface area contributed by atoms with Gasteiger partial charge in [0.2, 0.25) is 5.91 Å². The number of rotatable bonds is 5. The lowest BCUT2D eigenvalue weighted by Crippen LogP contribution is -2.37. The maximum Gasteiger partial charge on any atom is 0.341 e. The first kappa shape index (κ1) is 18.9. The first-order valence-corrected chi connectivity index (χ1v) is 9.06. The van der Waals surface area contributed by atoms with Gasteiger partial charge in [0.15, 0.2) is 5.75 Å². The molecule has 2 aromatic carbocycles. The van der Waals surface area contributed by atoms with E-state index in [1.807, 2.05) is 18.2 Å². The van der Waals surface area contributed by atoms with Gasteiger partial charge in [-0.05, 0) is 43.6 Å². The molecule has 27 heavy (non-hydrogen) atoms. The predicted molar refractivity (Wildman–Crippen MR) is 103 cm³/mol. The summed E-state index contributed by atoms with van der Waals surface area (Å²) >= 11 is 0. The standard InChI is InChI=1S/C21H24N2O4/c1-27-21(26)17-8-5-9-18(19(17)24)22-20(25)16-10-12-23(13-11-16)14-15-6-3-2-4-7-15/h2-9,16,24H,10-14H2,1H3,(H,22,25). The van der Waals surface area contributed by atoms with Gasteiger partial charge < -0.3 is 15.2 Å². The molecule has 0 saturated carbocycles. The molecule has 2 aromatic rings. The molecule has 0 aromatic heterocycles. The average molecular weight is 368 g/mol. The third kappa shape index (κ3) is 4.65. The number of hydrogen-bond donors (Lipinski definition) is 2. The molecule has 0 unspecified atom stereocenters. The Hall–Kier alpha value is -2.86.